The molecule has 0 radical (unpaired) electrons. The molecule has 0 unspecified atom stereocenters. The lowest BCUT2D eigenvalue weighted by Gasteiger charge is -2.22. The summed E-state index contributed by atoms with van der Waals surface area (Å²) in [7, 11) is 0. The molecule has 1 aromatic heterocycles. The monoisotopic (exact) mass is 381 g/mol. The average molecular weight is 382 g/mol. The number of rotatable bonds is 1. The van der Waals surface area contributed by atoms with Crippen LogP contribution in [0.4, 0.5) is 0 Å². The first-order chi connectivity index (χ1) is 11.2. The van der Waals surface area contributed by atoms with Gasteiger partial charge in [-0.05, 0) is 56.8 Å². The van der Waals surface area contributed by atoms with Gasteiger partial charge >= 0.3 is 0 Å². The second kappa shape index (κ2) is 8.35. The summed E-state index contributed by atoms with van der Waals surface area (Å²) < 4.78 is 0. The number of carbonyl (C=O) groups excluding carboxylic acids is 1. The summed E-state index contributed by atoms with van der Waals surface area (Å²) in [5.41, 5.74) is 2.62. The topological polar surface area (TPSA) is 45.2 Å². The number of likely N-dealkylation sites (tertiary alicyclic amines) is 1. The molecule has 0 spiro atoms. The zero-order chi connectivity index (χ0) is 15.8. The highest BCUT2D eigenvalue weighted by Gasteiger charge is 2.32. The van der Waals surface area contributed by atoms with Gasteiger partial charge in [-0.25, -0.2) is 0 Å². The van der Waals surface area contributed by atoms with Crippen LogP contribution < -0.4 is 5.32 Å². The van der Waals surface area contributed by atoms with Gasteiger partial charge in [0.1, 0.15) is 0 Å². The van der Waals surface area contributed by atoms with Crippen molar-refractivity contribution in [3.8, 4) is 0 Å². The van der Waals surface area contributed by atoms with Gasteiger partial charge in [-0.3, -0.25) is 9.78 Å². The van der Waals surface area contributed by atoms with Crippen LogP contribution >= 0.6 is 24.8 Å². The molecule has 2 aliphatic rings. The van der Waals surface area contributed by atoms with E-state index in [2.05, 4.69) is 15.2 Å². The van der Waals surface area contributed by atoms with E-state index in [4.69, 9.17) is 0 Å². The molecule has 0 bridgehead atoms. The molecule has 4 nitrogen and oxygen atoms in total. The third-order valence-corrected chi connectivity index (χ3v) is 5.38. The Balaban J connectivity index is 0.00000113. The van der Waals surface area contributed by atoms with Crippen molar-refractivity contribution < 1.29 is 4.79 Å². The molecular formula is C19H25Cl2N3O. The lowest BCUT2D eigenvalue weighted by molar-refractivity contribution is 0.0760. The fourth-order valence-corrected chi connectivity index (χ4v) is 4.08. The Morgan fingerprint density at radius 3 is 2.44 bits per heavy atom. The smallest absolute Gasteiger partial charge is 0.254 e. The molecule has 2 atom stereocenters. The maximum Gasteiger partial charge on any atom is 0.254 e. The third-order valence-electron chi connectivity index (χ3n) is 5.38. The summed E-state index contributed by atoms with van der Waals surface area (Å²) in [6.07, 6.45) is 2.23. The number of carbonyl (C=O) groups is 1. The van der Waals surface area contributed by atoms with Crippen LogP contribution in [0.2, 0.25) is 0 Å². The van der Waals surface area contributed by atoms with Crippen LogP contribution in [0.5, 0.6) is 0 Å². The number of para-hydroxylation sites is 1. The van der Waals surface area contributed by atoms with E-state index in [9.17, 15) is 4.79 Å². The highest BCUT2D eigenvalue weighted by molar-refractivity contribution is 6.06. The predicted octanol–water partition coefficient (Wildman–Crippen LogP) is 3.46. The molecule has 0 aliphatic carbocycles. The largest absolute Gasteiger partial charge is 0.339 e. The molecule has 4 rings (SSSR count). The summed E-state index contributed by atoms with van der Waals surface area (Å²) in [5.74, 6) is 1.65. The first-order valence-electron chi connectivity index (χ1n) is 8.59. The van der Waals surface area contributed by atoms with Crippen molar-refractivity contribution in [1.29, 1.82) is 0 Å². The minimum Gasteiger partial charge on any atom is -0.339 e. The van der Waals surface area contributed by atoms with Crippen molar-refractivity contribution in [2.45, 2.75) is 19.8 Å². The summed E-state index contributed by atoms with van der Waals surface area (Å²) in [6.45, 7) is 5.93. The summed E-state index contributed by atoms with van der Waals surface area (Å²) in [4.78, 5) is 19.7. The first-order valence-corrected chi connectivity index (χ1v) is 8.59. The van der Waals surface area contributed by atoms with Crippen LogP contribution in [-0.4, -0.2) is 42.0 Å². The maximum atomic E-state index is 13.1. The fourth-order valence-electron chi connectivity index (χ4n) is 4.08. The van der Waals surface area contributed by atoms with E-state index < -0.39 is 0 Å². The summed E-state index contributed by atoms with van der Waals surface area (Å²) in [5, 5.41) is 4.45. The van der Waals surface area contributed by atoms with Crippen molar-refractivity contribution in [3.63, 3.8) is 0 Å². The van der Waals surface area contributed by atoms with Gasteiger partial charge < -0.3 is 10.2 Å². The number of aryl methyl sites for hydroxylation is 1. The number of hydrogen-bond donors (Lipinski definition) is 1. The number of halogens is 2. The van der Waals surface area contributed by atoms with Gasteiger partial charge in [-0.2, -0.15) is 0 Å². The number of aromatic nitrogens is 1. The van der Waals surface area contributed by atoms with Crippen molar-refractivity contribution in [2.75, 3.05) is 26.2 Å². The molecule has 2 saturated heterocycles. The minimum atomic E-state index is 0. The van der Waals surface area contributed by atoms with Crippen molar-refractivity contribution >= 4 is 41.6 Å². The second-order valence-electron chi connectivity index (χ2n) is 6.88. The Kier molecular flexibility index (Phi) is 6.66. The SMILES string of the molecule is Cc1cc(C(=O)N2CC[C@@H]3CNC[C@@H]3CC2)c2ccccc2n1.Cl.Cl. The second-order valence-corrected chi connectivity index (χ2v) is 6.88. The van der Waals surface area contributed by atoms with Crippen LogP contribution in [0.15, 0.2) is 30.3 Å². The van der Waals surface area contributed by atoms with Crippen LogP contribution in [0.25, 0.3) is 10.9 Å². The highest BCUT2D eigenvalue weighted by Crippen LogP contribution is 2.28. The molecule has 2 fully saturated rings. The third kappa shape index (κ3) is 3.91. The van der Waals surface area contributed by atoms with E-state index >= 15 is 0 Å². The maximum absolute atomic E-state index is 13.1. The van der Waals surface area contributed by atoms with Crippen LogP contribution in [0.1, 0.15) is 28.9 Å². The Labute approximate surface area is 161 Å². The zero-order valence-corrected chi connectivity index (χ0v) is 16.0. The quantitative estimate of drug-likeness (QED) is 0.822. The minimum absolute atomic E-state index is 0. The van der Waals surface area contributed by atoms with Gasteiger partial charge in [0.05, 0.1) is 11.1 Å². The predicted molar refractivity (Wildman–Crippen MR) is 106 cm³/mol. The number of nitrogens with zero attached hydrogens (tertiary/aromatic N) is 2. The molecule has 6 heteroatoms. The number of pyridine rings is 1. The van der Waals surface area contributed by atoms with Crippen molar-refractivity contribution in [3.05, 3.63) is 41.6 Å². The van der Waals surface area contributed by atoms with Crippen molar-refractivity contribution in [1.82, 2.24) is 15.2 Å². The number of amides is 1. The zero-order valence-electron chi connectivity index (χ0n) is 14.4. The van der Waals surface area contributed by atoms with E-state index in [1.165, 1.54) is 0 Å². The molecule has 0 saturated carbocycles. The van der Waals surface area contributed by atoms with Crippen LogP contribution in [-0.2, 0) is 0 Å². The Morgan fingerprint density at radius 2 is 1.76 bits per heavy atom. The first kappa shape index (κ1) is 20.0. The lowest BCUT2D eigenvalue weighted by Crippen LogP contribution is -2.33. The molecule has 2 aromatic rings. The van der Waals surface area contributed by atoms with E-state index in [0.717, 1.165) is 73.0 Å². The number of fused-ring (bicyclic) bond motifs is 2. The molecule has 1 aromatic carbocycles. The fraction of sp³-hybridized carbons (Fsp3) is 0.474. The highest BCUT2D eigenvalue weighted by atomic mass is 35.5. The molecule has 136 valence electrons. The van der Waals surface area contributed by atoms with Gasteiger partial charge in [0.15, 0.2) is 0 Å². The van der Waals surface area contributed by atoms with Crippen LogP contribution in [0, 0.1) is 18.8 Å². The molecule has 1 amide bonds. The molecule has 1 N–H and O–H groups in total. The molecule has 3 heterocycles. The normalized spacial score (nSPS) is 22.5. The van der Waals surface area contributed by atoms with E-state index in [-0.39, 0.29) is 30.7 Å². The molecule has 25 heavy (non-hydrogen) atoms. The van der Waals surface area contributed by atoms with E-state index in [1.807, 2.05) is 37.3 Å². The summed E-state index contributed by atoms with van der Waals surface area (Å²) >= 11 is 0. The Hall–Kier alpha value is -1.36. The van der Waals surface area contributed by atoms with Gasteiger partial charge in [0, 0.05) is 24.2 Å². The molecule has 2 aliphatic heterocycles. The van der Waals surface area contributed by atoms with E-state index in [1.54, 1.807) is 0 Å². The number of hydrogen-bond acceptors (Lipinski definition) is 3. The van der Waals surface area contributed by atoms with E-state index in [0.29, 0.717) is 0 Å². The Bertz CT molecular complexity index is 739. The summed E-state index contributed by atoms with van der Waals surface area (Å²) in [6, 6.07) is 9.89. The van der Waals surface area contributed by atoms with Crippen molar-refractivity contribution in [2.24, 2.45) is 11.8 Å². The van der Waals surface area contributed by atoms with Gasteiger partial charge in [0.25, 0.3) is 5.91 Å². The number of nitrogens with one attached hydrogen (secondary N) is 1. The Morgan fingerprint density at radius 1 is 1.12 bits per heavy atom. The standard InChI is InChI=1S/C19H23N3O.2ClH/c1-13-10-17(16-4-2-3-5-18(16)21-13)19(23)22-8-6-14-11-20-12-15(14)7-9-22;;/h2-5,10,14-15,20H,6-9,11-12H2,1H3;2*1H/t14-,15+;;. The average Bonchev–Trinajstić information content (AvgIpc) is 2.92. The van der Waals surface area contributed by atoms with Gasteiger partial charge in [-0.1, -0.05) is 18.2 Å². The lowest BCUT2D eigenvalue weighted by atomic mass is 9.92. The molecular weight excluding hydrogens is 357 g/mol. The number of benzene rings is 1. The van der Waals surface area contributed by atoms with Gasteiger partial charge in [-0.15, -0.1) is 24.8 Å². The van der Waals surface area contributed by atoms with Gasteiger partial charge in [0.2, 0.25) is 0 Å². The van der Waals surface area contributed by atoms with Crippen LogP contribution in [0.3, 0.4) is 0 Å².